The third kappa shape index (κ3) is 2.73. The molecule has 126 valence electrons. The number of benzene rings is 3. The van der Waals surface area contributed by atoms with Crippen LogP contribution < -0.4 is 0 Å². The Kier molecular flexibility index (Phi) is 4.03. The van der Waals surface area contributed by atoms with Crippen molar-refractivity contribution in [2.24, 2.45) is 0 Å². The van der Waals surface area contributed by atoms with Crippen LogP contribution in [-0.4, -0.2) is 0 Å². The van der Waals surface area contributed by atoms with Crippen LogP contribution in [0.1, 0.15) is 34.6 Å². The summed E-state index contributed by atoms with van der Waals surface area (Å²) < 4.78 is 0. The Bertz CT molecular complexity index is 997. The second-order valence-electron chi connectivity index (χ2n) is 6.90. The van der Waals surface area contributed by atoms with Crippen molar-refractivity contribution in [3.63, 3.8) is 0 Å². The second kappa shape index (κ2) is 6.66. The predicted octanol–water partition coefficient (Wildman–Crippen LogP) is 6.92. The molecule has 0 spiro atoms. The van der Waals surface area contributed by atoms with Crippen molar-refractivity contribution in [3.05, 3.63) is 119 Å². The first-order valence-corrected chi connectivity index (χ1v) is 10.0. The lowest BCUT2D eigenvalue weighted by molar-refractivity contribution is 0.836. The van der Waals surface area contributed by atoms with Crippen molar-refractivity contribution in [1.29, 1.82) is 0 Å². The minimum absolute atomic E-state index is 0.371. The first kappa shape index (κ1) is 15.7. The van der Waals surface area contributed by atoms with Crippen LogP contribution in [0.5, 0.6) is 0 Å². The van der Waals surface area contributed by atoms with E-state index in [9.17, 15) is 0 Å². The van der Waals surface area contributed by atoms with E-state index < -0.39 is 0 Å². The van der Waals surface area contributed by atoms with E-state index in [1.54, 1.807) is 5.57 Å². The fraction of sp³-hybridized carbons (Fsp3) is 0.120. The van der Waals surface area contributed by atoms with Gasteiger partial charge in [0.05, 0.1) is 0 Å². The summed E-state index contributed by atoms with van der Waals surface area (Å²) in [6, 6.07) is 30.7. The molecule has 0 N–H and O–H groups in total. The van der Waals surface area contributed by atoms with Crippen LogP contribution in [0.25, 0.3) is 9.81 Å². The van der Waals surface area contributed by atoms with E-state index in [4.69, 9.17) is 0 Å². The van der Waals surface area contributed by atoms with Crippen LogP contribution in [-0.2, 0) is 6.42 Å². The molecule has 0 nitrogen and oxygen atoms in total. The van der Waals surface area contributed by atoms with Crippen molar-refractivity contribution in [3.8, 4) is 0 Å². The van der Waals surface area contributed by atoms with Gasteiger partial charge in [-0.15, -0.1) is 0 Å². The zero-order valence-electron chi connectivity index (χ0n) is 14.6. The zero-order chi connectivity index (χ0) is 17.3. The quantitative estimate of drug-likeness (QED) is 0.482. The van der Waals surface area contributed by atoms with Gasteiger partial charge in [0.1, 0.15) is 0 Å². The number of hydrogen-bond acceptors (Lipinski definition) is 1. The maximum absolute atomic E-state index is 2.47. The van der Waals surface area contributed by atoms with Gasteiger partial charge >= 0.3 is 0 Å². The van der Waals surface area contributed by atoms with Crippen LogP contribution in [0.2, 0.25) is 0 Å². The molecule has 0 saturated carbocycles. The number of rotatable bonds is 2. The summed E-state index contributed by atoms with van der Waals surface area (Å²) in [5.41, 5.74) is 7.21. The highest BCUT2D eigenvalue weighted by Gasteiger charge is 2.29. The normalized spacial score (nSPS) is 18.8. The van der Waals surface area contributed by atoms with Crippen molar-refractivity contribution in [1.82, 2.24) is 0 Å². The van der Waals surface area contributed by atoms with Crippen molar-refractivity contribution in [2.75, 3.05) is 0 Å². The lowest BCUT2D eigenvalue weighted by Gasteiger charge is -2.32. The number of thioether (sulfide) groups is 1. The fourth-order valence-electron chi connectivity index (χ4n) is 4.04. The minimum Gasteiger partial charge on any atom is -0.0891 e. The highest BCUT2D eigenvalue weighted by atomic mass is 32.2. The highest BCUT2D eigenvalue weighted by molar-refractivity contribution is 8.16. The first-order valence-electron chi connectivity index (χ1n) is 9.21. The molecule has 0 radical (unpaired) electrons. The molecule has 0 amide bonds. The van der Waals surface area contributed by atoms with Gasteiger partial charge < -0.3 is 0 Å². The Hall–Kier alpha value is -2.51. The predicted molar refractivity (Wildman–Crippen MR) is 113 cm³/mol. The van der Waals surface area contributed by atoms with E-state index >= 15 is 0 Å². The van der Waals surface area contributed by atoms with Gasteiger partial charge in [-0.25, -0.2) is 0 Å². The van der Waals surface area contributed by atoms with Gasteiger partial charge in [0.2, 0.25) is 0 Å². The Labute approximate surface area is 159 Å². The molecule has 5 rings (SSSR count). The Morgan fingerprint density at radius 3 is 2.19 bits per heavy atom. The zero-order valence-corrected chi connectivity index (χ0v) is 15.4. The number of aryl methyl sites for hydroxylation is 1. The van der Waals surface area contributed by atoms with E-state index in [1.165, 1.54) is 32.1 Å². The number of allylic oxidation sites excluding steroid dienone is 2. The van der Waals surface area contributed by atoms with E-state index in [0.29, 0.717) is 5.92 Å². The van der Waals surface area contributed by atoms with Gasteiger partial charge in [0.15, 0.2) is 0 Å². The average molecular weight is 353 g/mol. The summed E-state index contributed by atoms with van der Waals surface area (Å²) in [6.45, 7) is 0. The highest BCUT2D eigenvalue weighted by Crippen LogP contribution is 2.53. The topological polar surface area (TPSA) is 0 Å². The van der Waals surface area contributed by atoms with Crippen molar-refractivity contribution in [2.45, 2.75) is 18.8 Å². The Morgan fingerprint density at radius 2 is 1.38 bits per heavy atom. The van der Waals surface area contributed by atoms with Gasteiger partial charge in [0.25, 0.3) is 0 Å². The summed E-state index contributed by atoms with van der Waals surface area (Å²) in [5.74, 6) is 0.371. The molecule has 3 aromatic rings. The second-order valence-corrected chi connectivity index (χ2v) is 7.95. The molecule has 2 aliphatic rings. The monoisotopic (exact) mass is 352 g/mol. The fourth-order valence-corrected chi connectivity index (χ4v) is 5.39. The molecule has 1 aliphatic heterocycles. The Morgan fingerprint density at radius 1 is 0.692 bits per heavy atom. The molecule has 1 heterocycles. The molecular formula is C25H20S. The molecule has 1 atom stereocenters. The average Bonchev–Trinajstić information content (AvgIpc) is 2.74. The first-order chi connectivity index (χ1) is 12.9. The largest absolute Gasteiger partial charge is 0.0891 e. The summed E-state index contributed by atoms with van der Waals surface area (Å²) in [4.78, 5) is 2.84. The number of hydrogen-bond donors (Lipinski definition) is 0. The van der Waals surface area contributed by atoms with E-state index in [2.05, 4.69) is 91.0 Å². The van der Waals surface area contributed by atoms with E-state index in [-0.39, 0.29) is 0 Å². The molecule has 1 aliphatic carbocycles. The minimum atomic E-state index is 0.371. The van der Waals surface area contributed by atoms with Crippen LogP contribution in [0.4, 0.5) is 0 Å². The molecule has 0 aromatic heterocycles. The molecular weight excluding hydrogens is 332 g/mol. The maximum atomic E-state index is 2.47. The Balaban J connectivity index is 1.68. The smallest absolute Gasteiger partial charge is 0.0257 e. The van der Waals surface area contributed by atoms with Crippen LogP contribution in [0.3, 0.4) is 0 Å². The van der Waals surface area contributed by atoms with Gasteiger partial charge in [-0.05, 0) is 40.7 Å². The standard InChI is InChI=1S/C25H20S/c1-3-9-18(10-4-1)23-17-24(20-12-5-2-6-13-20)26-25-21-14-8-7-11-19(21)15-16-22(23)25/h1-14,17,23H,15-16H2. The van der Waals surface area contributed by atoms with Crippen LogP contribution in [0.15, 0.2) is 96.6 Å². The molecule has 3 aromatic carbocycles. The van der Waals surface area contributed by atoms with Crippen molar-refractivity contribution < 1.29 is 0 Å². The SMILES string of the molecule is C1=C(c2ccccc2)SC2=C(CCc3ccccc32)C1c1ccccc1. The summed E-state index contributed by atoms with van der Waals surface area (Å²) in [6.07, 6.45) is 4.77. The molecule has 1 heteroatoms. The van der Waals surface area contributed by atoms with Crippen molar-refractivity contribution >= 4 is 21.6 Å². The van der Waals surface area contributed by atoms with Crippen LogP contribution in [0, 0.1) is 0 Å². The molecule has 1 unspecified atom stereocenters. The third-order valence-corrected chi connectivity index (χ3v) is 6.62. The lowest BCUT2D eigenvalue weighted by atomic mass is 9.81. The maximum Gasteiger partial charge on any atom is 0.0257 e. The molecule has 0 bridgehead atoms. The molecule has 26 heavy (non-hydrogen) atoms. The van der Waals surface area contributed by atoms with E-state index in [0.717, 1.165) is 12.8 Å². The van der Waals surface area contributed by atoms with E-state index in [1.807, 2.05) is 11.8 Å². The summed E-state index contributed by atoms with van der Waals surface area (Å²) in [7, 11) is 0. The van der Waals surface area contributed by atoms with Gasteiger partial charge in [-0.1, -0.05) is 103 Å². The summed E-state index contributed by atoms with van der Waals surface area (Å²) >= 11 is 1.95. The van der Waals surface area contributed by atoms with Gasteiger partial charge in [0, 0.05) is 15.7 Å². The van der Waals surface area contributed by atoms with Gasteiger partial charge in [-0.3, -0.25) is 0 Å². The molecule has 0 fully saturated rings. The summed E-state index contributed by atoms with van der Waals surface area (Å²) in [5, 5.41) is 0. The number of fused-ring (bicyclic) bond motifs is 2. The third-order valence-electron chi connectivity index (χ3n) is 5.34. The van der Waals surface area contributed by atoms with Crippen LogP contribution >= 0.6 is 11.8 Å². The lowest BCUT2D eigenvalue weighted by Crippen LogP contribution is -2.12. The molecule has 0 saturated heterocycles. The van der Waals surface area contributed by atoms with Gasteiger partial charge in [-0.2, -0.15) is 0 Å².